The first-order chi connectivity index (χ1) is 18.0. The summed E-state index contributed by atoms with van der Waals surface area (Å²) in [5.41, 5.74) is 15.9. The van der Waals surface area contributed by atoms with E-state index in [1.54, 1.807) is 0 Å². The Morgan fingerprint density at radius 2 is 1.74 bits per heavy atom. The van der Waals surface area contributed by atoms with Crippen LogP contribution in [0.2, 0.25) is 0 Å². The molecule has 202 valence electrons. The van der Waals surface area contributed by atoms with E-state index in [0.717, 1.165) is 52.7 Å². The molecule has 38 heavy (non-hydrogen) atoms. The van der Waals surface area contributed by atoms with Gasteiger partial charge in [0.1, 0.15) is 6.04 Å². The lowest BCUT2D eigenvalue weighted by Crippen LogP contribution is -2.31. The number of carboxylic acid groups (broad SMARTS) is 1. The minimum Gasteiger partial charge on any atom is -0.480 e. The van der Waals surface area contributed by atoms with E-state index in [-0.39, 0.29) is 11.3 Å². The third kappa shape index (κ3) is 5.75. The van der Waals surface area contributed by atoms with Gasteiger partial charge in [0.2, 0.25) is 5.91 Å². The molecule has 1 aromatic heterocycles. The third-order valence-electron chi connectivity index (χ3n) is 7.43. The summed E-state index contributed by atoms with van der Waals surface area (Å²) in [6, 6.07) is 13.6. The van der Waals surface area contributed by atoms with Gasteiger partial charge in [-0.2, -0.15) is 0 Å². The lowest BCUT2D eigenvalue weighted by Gasteiger charge is -2.30. The van der Waals surface area contributed by atoms with Crippen LogP contribution < -0.4 is 16.8 Å². The van der Waals surface area contributed by atoms with Gasteiger partial charge in [0, 0.05) is 34.8 Å². The van der Waals surface area contributed by atoms with Crippen molar-refractivity contribution in [1.82, 2.24) is 4.57 Å². The molecular formula is C30H38N4O4. The topological polar surface area (TPSA) is 140 Å². The van der Waals surface area contributed by atoms with Crippen molar-refractivity contribution in [2.75, 3.05) is 5.32 Å². The van der Waals surface area contributed by atoms with Gasteiger partial charge < -0.3 is 21.9 Å². The highest BCUT2D eigenvalue weighted by molar-refractivity contribution is 6.06. The number of nitrogens with two attached hydrogens (primary N) is 2. The number of nitrogens with one attached hydrogen (secondary N) is 1. The molecule has 2 heterocycles. The van der Waals surface area contributed by atoms with Gasteiger partial charge in [-0.15, -0.1) is 0 Å². The highest BCUT2D eigenvalue weighted by atomic mass is 16.4. The SMILES string of the molecule is CC(N)C(=O)O.CC1(C)CC(=O)n2c(c(-c3ccc(C(N)=O)c(NC4CCCCC4)c3)c3ccccc32)C1. The minimum absolute atomic E-state index is 0.0907. The normalized spacial score (nSPS) is 17.7. The Bertz CT molecular complexity index is 1370. The number of carbonyl (C=O) groups excluding carboxylic acids is 2. The molecule has 2 aliphatic rings. The summed E-state index contributed by atoms with van der Waals surface area (Å²) in [5, 5.41) is 12.6. The first-order valence-electron chi connectivity index (χ1n) is 13.3. The lowest BCUT2D eigenvalue weighted by atomic mass is 9.80. The van der Waals surface area contributed by atoms with Gasteiger partial charge in [-0.3, -0.25) is 19.0 Å². The maximum absolute atomic E-state index is 13.1. The van der Waals surface area contributed by atoms with Gasteiger partial charge in [0.15, 0.2) is 0 Å². The summed E-state index contributed by atoms with van der Waals surface area (Å²) in [4.78, 5) is 34.9. The Kier molecular flexibility index (Phi) is 7.92. The fourth-order valence-corrected chi connectivity index (χ4v) is 5.57. The number of nitrogens with zero attached hydrogens (tertiary/aromatic N) is 1. The third-order valence-corrected chi connectivity index (χ3v) is 7.43. The minimum atomic E-state index is -0.963. The molecule has 0 spiro atoms. The summed E-state index contributed by atoms with van der Waals surface area (Å²) in [6.07, 6.45) is 7.26. The number of aromatic nitrogens is 1. The summed E-state index contributed by atoms with van der Waals surface area (Å²) in [6.45, 7) is 5.73. The van der Waals surface area contributed by atoms with Gasteiger partial charge >= 0.3 is 5.97 Å². The molecule has 1 aliphatic heterocycles. The molecule has 2 aromatic carbocycles. The second-order valence-corrected chi connectivity index (χ2v) is 11.3. The molecule has 1 unspecified atom stereocenters. The van der Waals surface area contributed by atoms with Crippen LogP contribution in [0.4, 0.5) is 5.69 Å². The van der Waals surface area contributed by atoms with Crippen molar-refractivity contribution < 1.29 is 19.5 Å². The quantitative estimate of drug-likeness (QED) is 0.367. The summed E-state index contributed by atoms with van der Waals surface area (Å²) < 4.78 is 1.91. The molecule has 1 fully saturated rings. The molecule has 8 heteroatoms. The van der Waals surface area contributed by atoms with Crippen LogP contribution in [-0.4, -0.2) is 39.5 Å². The first-order valence-corrected chi connectivity index (χ1v) is 13.3. The van der Waals surface area contributed by atoms with E-state index in [1.165, 1.54) is 26.2 Å². The standard InChI is InChI=1S/C27H31N3O2.C3H7NO2/c1-27(2)15-23-25(20-10-6-7-11-22(20)30(23)24(31)16-27)17-12-13-19(26(28)32)21(14-17)29-18-8-4-3-5-9-18;1-2(4)3(5)6/h6-7,10-14,18,29H,3-5,8-9,15-16H2,1-2H3,(H2,28,32);2H,4H2,1H3,(H,5,6). The van der Waals surface area contributed by atoms with Gasteiger partial charge in [-0.05, 0) is 55.4 Å². The Balaban J connectivity index is 0.000000505. The van der Waals surface area contributed by atoms with Gasteiger partial charge in [-0.25, -0.2) is 0 Å². The molecule has 6 N–H and O–H groups in total. The van der Waals surface area contributed by atoms with Crippen LogP contribution in [0, 0.1) is 5.41 Å². The first kappa shape index (κ1) is 27.4. The number of aliphatic carboxylic acids is 1. The van der Waals surface area contributed by atoms with Crippen molar-refractivity contribution in [3.05, 3.63) is 53.7 Å². The number of fused-ring (bicyclic) bond motifs is 3. The molecular weight excluding hydrogens is 480 g/mol. The lowest BCUT2D eigenvalue weighted by molar-refractivity contribution is -0.138. The molecule has 1 amide bonds. The Labute approximate surface area is 223 Å². The van der Waals surface area contributed by atoms with Crippen molar-refractivity contribution >= 4 is 34.4 Å². The number of carbonyl (C=O) groups is 3. The highest BCUT2D eigenvalue weighted by Gasteiger charge is 2.35. The van der Waals surface area contributed by atoms with Gasteiger partial charge in [0.25, 0.3) is 5.91 Å². The Morgan fingerprint density at radius 3 is 2.37 bits per heavy atom. The monoisotopic (exact) mass is 518 g/mol. The van der Waals surface area contributed by atoms with E-state index in [0.29, 0.717) is 18.0 Å². The van der Waals surface area contributed by atoms with Crippen LogP contribution in [0.15, 0.2) is 42.5 Å². The Morgan fingerprint density at radius 1 is 1.08 bits per heavy atom. The smallest absolute Gasteiger partial charge is 0.320 e. The zero-order valence-electron chi connectivity index (χ0n) is 22.4. The molecule has 0 saturated heterocycles. The zero-order valence-corrected chi connectivity index (χ0v) is 22.4. The zero-order chi connectivity index (χ0) is 27.6. The van der Waals surface area contributed by atoms with Gasteiger partial charge in [0.05, 0.1) is 11.1 Å². The second-order valence-electron chi connectivity index (χ2n) is 11.3. The summed E-state index contributed by atoms with van der Waals surface area (Å²) >= 11 is 0. The Hall–Kier alpha value is -3.65. The number of hydrogen-bond donors (Lipinski definition) is 4. The van der Waals surface area contributed by atoms with Crippen LogP contribution in [0.1, 0.15) is 80.1 Å². The van der Waals surface area contributed by atoms with Crippen LogP contribution in [-0.2, 0) is 11.2 Å². The molecule has 0 bridgehead atoms. The molecule has 0 radical (unpaired) electrons. The molecule has 1 saturated carbocycles. The number of para-hydroxylation sites is 1. The second kappa shape index (κ2) is 11.0. The van der Waals surface area contributed by atoms with Crippen molar-refractivity contribution in [3.8, 4) is 11.1 Å². The van der Waals surface area contributed by atoms with E-state index >= 15 is 0 Å². The predicted molar refractivity (Wildman–Crippen MR) is 150 cm³/mol. The van der Waals surface area contributed by atoms with Crippen molar-refractivity contribution in [1.29, 1.82) is 0 Å². The average molecular weight is 519 g/mol. The summed E-state index contributed by atoms with van der Waals surface area (Å²) in [7, 11) is 0. The van der Waals surface area contributed by atoms with E-state index in [9.17, 15) is 14.4 Å². The highest BCUT2D eigenvalue weighted by Crippen LogP contribution is 2.43. The molecule has 5 rings (SSSR count). The number of rotatable bonds is 5. The average Bonchev–Trinajstić information content (AvgIpc) is 3.18. The maximum Gasteiger partial charge on any atom is 0.320 e. The number of amides is 1. The number of primary amides is 1. The van der Waals surface area contributed by atoms with E-state index in [1.807, 2.05) is 34.9 Å². The van der Waals surface area contributed by atoms with Crippen LogP contribution in [0.25, 0.3) is 22.0 Å². The van der Waals surface area contributed by atoms with Gasteiger partial charge in [-0.1, -0.05) is 57.4 Å². The largest absolute Gasteiger partial charge is 0.480 e. The van der Waals surface area contributed by atoms with E-state index in [4.69, 9.17) is 16.6 Å². The van der Waals surface area contributed by atoms with Crippen molar-refractivity contribution in [3.63, 3.8) is 0 Å². The number of hydrogen-bond acceptors (Lipinski definition) is 5. The van der Waals surface area contributed by atoms with Crippen LogP contribution >= 0.6 is 0 Å². The fourth-order valence-electron chi connectivity index (χ4n) is 5.57. The summed E-state index contributed by atoms with van der Waals surface area (Å²) in [5.74, 6) is -1.24. The molecule has 1 aliphatic carbocycles. The van der Waals surface area contributed by atoms with Crippen molar-refractivity contribution in [2.45, 2.75) is 77.8 Å². The predicted octanol–water partition coefficient (Wildman–Crippen LogP) is 5.18. The molecule has 1 atom stereocenters. The molecule has 3 aromatic rings. The van der Waals surface area contributed by atoms with Crippen molar-refractivity contribution in [2.24, 2.45) is 16.9 Å². The maximum atomic E-state index is 13.1. The fraction of sp³-hybridized carbons (Fsp3) is 0.433. The number of benzene rings is 2. The molecule has 8 nitrogen and oxygen atoms in total. The number of carboxylic acids is 1. The van der Waals surface area contributed by atoms with E-state index in [2.05, 4.69) is 31.3 Å². The van der Waals surface area contributed by atoms with E-state index < -0.39 is 17.9 Å². The number of anilines is 1. The van der Waals surface area contributed by atoms with Crippen LogP contribution in [0.3, 0.4) is 0 Å². The van der Waals surface area contributed by atoms with Crippen LogP contribution in [0.5, 0.6) is 0 Å².